The van der Waals surface area contributed by atoms with E-state index in [1.165, 1.54) is 17.5 Å². The van der Waals surface area contributed by atoms with Crippen molar-refractivity contribution in [1.82, 2.24) is 15.8 Å². The molecule has 0 aliphatic rings. The first kappa shape index (κ1) is 13.8. The molecule has 2 rings (SSSR count). The third kappa shape index (κ3) is 3.65. The van der Waals surface area contributed by atoms with Gasteiger partial charge in [-0.05, 0) is 47.1 Å². The number of amides is 1. The molecule has 0 saturated heterocycles. The van der Waals surface area contributed by atoms with E-state index in [0.29, 0.717) is 11.3 Å². The molecule has 2 aromatic rings. The highest BCUT2D eigenvalue weighted by Crippen LogP contribution is 2.25. The van der Waals surface area contributed by atoms with Crippen molar-refractivity contribution in [3.8, 4) is 0 Å². The van der Waals surface area contributed by atoms with Gasteiger partial charge in [-0.2, -0.15) is 0 Å². The number of hydrogen-bond acceptors (Lipinski definition) is 4. The lowest BCUT2D eigenvalue weighted by Gasteiger charge is -2.09. The van der Waals surface area contributed by atoms with Gasteiger partial charge in [-0.25, -0.2) is 0 Å². The maximum absolute atomic E-state index is 11.8. The van der Waals surface area contributed by atoms with E-state index < -0.39 is 0 Å². The molecular weight excluding hydrogens is 326 g/mol. The fourth-order valence-electron chi connectivity index (χ4n) is 1.34. The summed E-state index contributed by atoms with van der Waals surface area (Å²) in [7, 11) is 0. The Balaban J connectivity index is 1.93. The van der Waals surface area contributed by atoms with Crippen molar-refractivity contribution >= 4 is 38.9 Å². The molecule has 2 heterocycles. The van der Waals surface area contributed by atoms with Gasteiger partial charge >= 0.3 is 0 Å². The summed E-state index contributed by atoms with van der Waals surface area (Å²) < 4.78 is 1.01. The molecule has 0 fully saturated rings. The van der Waals surface area contributed by atoms with Gasteiger partial charge in [-0.3, -0.25) is 20.6 Å². The van der Waals surface area contributed by atoms with Gasteiger partial charge in [0.25, 0.3) is 5.91 Å². The lowest BCUT2D eigenvalue weighted by molar-refractivity contribution is 0.0942. The van der Waals surface area contributed by atoms with Crippen LogP contribution >= 0.6 is 27.3 Å². The Kier molecular flexibility index (Phi) is 4.34. The molecule has 6 heteroatoms. The van der Waals surface area contributed by atoms with Crippen LogP contribution in [-0.2, 0) is 0 Å². The van der Waals surface area contributed by atoms with Crippen molar-refractivity contribution in [3.05, 3.63) is 57.0 Å². The van der Waals surface area contributed by atoms with Crippen LogP contribution in [0.5, 0.6) is 0 Å². The molecule has 98 valence electrons. The third-order valence-electron chi connectivity index (χ3n) is 2.37. The predicted octanol–water partition coefficient (Wildman–Crippen LogP) is 3.12. The first-order chi connectivity index (χ1) is 9.06. The predicted molar refractivity (Wildman–Crippen MR) is 80.6 cm³/mol. The molecule has 0 saturated carbocycles. The van der Waals surface area contributed by atoms with Crippen molar-refractivity contribution < 1.29 is 4.79 Å². The number of carbonyl (C=O) groups is 1. The van der Waals surface area contributed by atoms with Crippen LogP contribution in [0.25, 0.3) is 5.70 Å². The smallest absolute Gasteiger partial charge is 0.271 e. The number of hydrogen-bond donors (Lipinski definition) is 2. The number of aryl methyl sites for hydroxylation is 1. The molecule has 19 heavy (non-hydrogen) atoms. The summed E-state index contributed by atoms with van der Waals surface area (Å²) in [6, 6.07) is 7.37. The van der Waals surface area contributed by atoms with Crippen molar-refractivity contribution in [2.75, 3.05) is 0 Å². The van der Waals surface area contributed by atoms with E-state index >= 15 is 0 Å². The molecule has 0 bridgehead atoms. The zero-order chi connectivity index (χ0) is 13.8. The molecule has 0 aliphatic carbocycles. The second kappa shape index (κ2) is 5.99. The molecule has 0 aromatic carbocycles. The number of hydrazine groups is 1. The van der Waals surface area contributed by atoms with E-state index in [9.17, 15) is 4.79 Å². The summed E-state index contributed by atoms with van der Waals surface area (Å²) in [5.74, 6) is -0.246. The SMILES string of the molecule is C=C(NNC(=O)c1ccc(C)nc1)c1ccc(Br)s1. The summed E-state index contributed by atoms with van der Waals surface area (Å²) in [6.45, 7) is 5.74. The number of nitrogens with one attached hydrogen (secondary N) is 2. The third-order valence-corrected chi connectivity index (χ3v) is 4.05. The normalized spacial score (nSPS) is 10.0. The van der Waals surface area contributed by atoms with Crippen LogP contribution in [0.2, 0.25) is 0 Å². The number of nitrogens with zero attached hydrogens (tertiary/aromatic N) is 1. The van der Waals surface area contributed by atoms with Gasteiger partial charge in [0.1, 0.15) is 0 Å². The van der Waals surface area contributed by atoms with E-state index in [4.69, 9.17) is 0 Å². The zero-order valence-electron chi connectivity index (χ0n) is 10.2. The lowest BCUT2D eigenvalue weighted by atomic mass is 10.2. The van der Waals surface area contributed by atoms with E-state index in [2.05, 4.69) is 38.3 Å². The highest BCUT2D eigenvalue weighted by Gasteiger charge is 2.07. The Morgan fingerprint density at radius 1 is 1.32 bits per heavy atom. The Labute approximate surface area is 123 Å². The number of thiophene rings is 1. The van der Waals surface area contributed by atoms with E-state index in [1.54, 1.807) is 12.1 Å². The van der Waals surface area contributed by atoms with Crippen LogP contribution in [0.3, 0.4) is 0 Å². The number of halogens is 1. The molecular formula is C13H12BrN3OS. The highest BCUT2D eigenvalue weighted by atomic mass is 79.9. The van der Waals surface area contributed by atoms with Gasteiger partial charge in [0.15, 0.2) is 0 Å². The molecule has 0 atom stereocenters. The quantitative estimate of drug-likeness (QED) is 0.843. The second-order valence-corrected chi connectivity index (χ2v) is 6.31. The molecule has 1 amide bonds. The van der Waals surface area contributed by atoms with Gasteiger partial charge in [-0.1, -0.05) is 6.58 Å². The summed E-state index contributed by atoms with van der Waals surface area (Å²) in [5.41, 5.74) is 7.40. The molecule has 2 N–H and O–H groups in total. The summed E-state index contributed by atoms with van der Waals surface area (Å²) >= 11 is 4.91. The van der Waals surface area contributed by atoms with Gasteiger partial charge < -0.3 is 0 Å². The standard InChI is InChI=1S/C13H12BrN3OS/c1-8-3-4-10(7-15-8)13(18)17-16-9(2)11-5-6-12(14)19-11/h3-7,16H,2H2,1H3,(H,17,18). The van der Waals surface area contributed by atoms with Crippen LogP contribution in [0.1, 0.15) is 20.9 Å². The first-order valence-corrected chi connectivity index (χ1v) is 7.11. The van der Waals surface area contributed by atoms with Crippen molar-refractivity contribution in [2.24, 2.45) is 0 Å². The molecule has 0 unspecified atom stereocenters. The minimum atomic E-state index is -0.246. The second-order valence-electron chi connectivity index (χ2n) is 3.85. The Morgan fingerprint density at radius 2 is 2.11 bits per heavy atom. The van der Waals surface area contributed by atoms with Crippen LogP contribution in [0, 0.1) is 6.92 Å². The summed E-state index contributed by atoms with van der Waals surface area (Å²) in [6.07, 6.45) is 1.54. The minimum Gasteiger partial charge on any atom is -0.298 e. The number of aromatic nitrogens is 1. The lowest BCUT2D eigenvalue weighted by Crippen LogP contribution is -2.35. The van der Waals surface area contributed by atoms with Crippen LogP contribution in [0.15, 0.2) is 40.8 Å². The number of rotatable bonds is 4. The summed E-state index contributed by atoms with van der Waals surface area (Å²) in [5, 5.41) is 0. The average molecular weight is 338 g/mol. The van der Waals surface area contributed by atoms with Crippen LogP contribution < -0.4 is 10.9 Å². The molecule has 2 aromatic heterocycles. The van der Waals surface area contributed by atoms with E-state index in [0.717, 1.165) is 14.4 Å². The van der Waals surface area contributed by atoms with Crippen LogP contribution in [-0.4, -0.2) is 10.9 Å². The maximum atomic E-state index is 11.8. The Morgan fingerprint density at radius 3 is 2.68 bits per heavy atom. The molecule has 0 radical (unpaired) electrons. The van der Waals surface area contributed by atoms with Crippen molar-refractivity contribution in [2.45, 2.75) is 6.92 Å². The monoisotopic (exact) mass is 337 g/mol. The Bertz CT molecular complexity index is 607. The highest BCUT2D eigenvalue weighted by molar-refractivity contribution is 9.11. The van der Waals surface area contributed by atoms with E-state index in [-0.39, 0.29) is 5.91 Å². The average Bonchev–Trinajstić information content (AvgIpc) is 2.83. The van der Waals surface area contributed by atoms with Crippen molar-refractivity contribution in [1.29, 1.82) is 0 Å². The van der Waals surface area contributed by atoms with Crippen LogP contribution in [0.4, 0.5) is 0 Å². The molecule has 0 aliphatic heterocycles. The first-order valence-electron chi connectivity index (χ1n) is 5.50. The van der Waals surface area contributed by atoms with Gasteiger partial charge in [-0.15, -0.1) is 11.3 Å². The Hall–Kier alpha value is -1.66. The van der Waals surface area contributed by atoms with E-state index in [1.807, 2.05) is 19.1 Å². The molecule has 0 spiro atoms. The molecule has 4 nitrogen and oxygen atoms in total. The fraction of sp³-hybridized carbons (Fsp3) is 0.0769. The van der Waals surface area contributed by atoms with Gasteiger partial charge in [0.2, 0.25) is 0 Å². The minimum absolute atomic E-state index is 0.246. The zero-order valence-corrected chi connectivity index (χ0v) is 12.6. The van der Waals surface area contributed by atoms with Gasteiger partial charge in [0, 0.05) is 11.9 Å². The summed E-state index contributed by atoms with van der Waals surface area (Å²) in [4.78, 5) is 16.9. The topological polar surface area (TPSA) is 54.0 Å². The fourth-order valence-corrected chi connectivity index (χ4v) is 2.66. The number of pyridine rings is 1. The van der Waals surface area contributed by atoms with Crippen molar-refractivity contribution in [3.63, 3.8) is 0 Å². The van der Waals surface area contributed by atoms with Gasteiger partial charge in [0.05, 0.1) is 19.9 Å². The maximum Gasteiger partial charge on any atom is 0.271 e. The largest absolute Gasteiger partial charge is 0.298 e. The number of carbonyl (C=O) groups excluding carboxylic acids is 1.